The maximum atomic E-state index is 12.6. The van der Waals surface area contributed by atoms with Gasteiger partial charge in [0.05, 0.1) is 6.26 Å². The topological polar surface area (TPSA) is 107 Å². The van der Waals surface area contributed by atoms with Crippen LogP contribution < -0.4 is 5.32 Å². The molecule has 0 bridgehead atoms. The lowest BCUT2D eigenvalue weighted by Crippen LogP contribution is -2.53. The average molecular weight is 388 g/mol. The van der Waals surface area contributed by atoms with Crippen molar-refractivity contribution in [2.24, 2.45) is 5.92 Å². The summed E-state index contributed by atoms with van der Waals surface area (Å²) in [5, 5.41) is 2.70. The standard InChI is InChI=1S/C16H28N4O5S/c1-12(2)5-6-16(3)14(22)20(15(23)17-16)11-13(21)18-7-9-19(10-8-18)26(4,24)25/h12H,5-11H2,1-4H3,(H,17,23)/t16-/m0/s1. The summed E-state index contributed by atoms with van der Waals surface area (Å²) in [6.45, 7) is 6.39. The van der Waals surface area contributed by atoms with Gasteiger partial charge in [0.1, 0.15) is 12.1 Å². The highest BCUT2D eigenvalue weighted by atomic mass is 32.2. The van der Waals surface area contributed by atoms with Crippen molar-refractivity contribution < 1.29 is 22.8 Å². The van der Waals surface area contributed by atoms with Crippen molar-refractivity contribution in [3.63, 3.8) is 0 Å². The third-order valence-electron chi connectivity index (χ3n) is 4.92. The van der Waals surface area contributed by atoms with Crippen LogP contribution in [-0.4, -0.2) is 84.9 Å². The quantitative estimate of drug-likeness (QED) is 0.636. The Morgan fingerprint density at radius 2 is 1.77 bits per heavy atom. The summed E-state index contributed by atoms with van der Waals surface area (Å²) in [7, 11) is -3.28. The number of nitrogens with one attached hydrogen (secondary N) is 1. The summed E-state index contributed by atoms with van der Waals surface area (Å²) in [5.41, 5.74) is -0.976. The number of carbonyl (C=O) groups excluding carboxylic acids is 3. The molecule has 0 aromatic heterocycles. The normalized spacial score (nSPS) is 25.1. The number of sulfonamides is 1. The number of hydrogen-bond donors (Lipinski definition) is 1. The lowest BCUT2D eigenvalue weighted by atomic mass is 9.92. The lowest BCUT2D eigenvalue weighted by Gasteiger charge is -2.33. The number of imide groups is 1. The van der Waals surface area contributed by atoms with Gasteiger partial charge < -0.3 is 10.2 Å². The number of piperazine rings is 1. The van der Waals surface area contributed by atoms with Crippen LogP contribution in [0, 0.1) is 5.92 Å². The molecule has 0 saturated carbocycles. The summed E-state index contributed by atoms with van der Waals surface area (Å²) in [6.07, 6.45) is 2.44. The smallest absolute Gasteiger partial charge is 0.325 e. The second kappa shape index (κ2) is 7.51. The van der Waals surface area contributed by atoms with E-state index in [9.17, 15) is 22.8 Å². The maximum absolute atomic E-state index is 12.6. The van der Waals surface area contributed by atoms with Gasteiger partial charge in [0.2, 0.25) is 15.9 Å². The van der Waals surface area contributed by atoms with Gasteiger partial charge in [-0.15, -0.1) is 0 Å². The van der Waals surface area contributed by atoms with Crippen LogP contribution in [0.2, 0.25) is 0 Å². The summed E-state index contributed by atoms with van der Waals surface area (Å²) < 4.78 is 24.4. The molecule has 148 valence electrons. The number of hydrogen-bond acceptors (Lipinski definition) is 5. The van der Waals surface area contributed by atoms with Crippen LogP contribution in [0.3, 0.4) is 0 Å². The molecule has 26 heavy (non-hydrogen) atoms. The van der Waals surface area contributed by atoms with Gasteiger partial charge in [-0.1, -0.05) is 13.8 Å². The number of carbonyl (C=O) groups is 3. The monoisotopic (exact) mass is 388 g/mol. The minimum Gasteiger partial charge on any atom is -0.338 e. The summed E-state index contributed by atoms with van der Waals surface area (Å²) in [5.74, 6) is -0.334. The molecule has 9 nitrogen and oxygen atoms in total. The zero-order chi connectivity index (χ0) is 19.7. The second-order valence-electron chi connectivity index (χ2n) is 7.63. The average Bonchev–Trinajstić information content (AvgIpc) is 2.76. The van der Waals surface area contributed by atoms with Crippen molar-refractivity contribution in [3.8, 4) is 0 Å². The highest BCUT2D eigenvalue weighted by Crippen LogP contribution is 2.24. The molecule has 2 saturated heterocycles. The van der Waals surface area contributed by atoms with Gasteiger partial charge in [0, 0.05) is 26.2 Å². The Bertz CT molecular complexity index is 685. The van der Waals surface area contributed by atoms with E-state index in [1.165, 1.54) is 9.21 Å². The van der Waals surface area contributed by atoms with Crippen LogP contribution in [0.1, 0.15) is 33.6 Å². The van der Waals surface area contributed by atoms with E-state index in [-0.39, 0.29) is 44.5 Å². The van der Waals surface area contributed by atoms with E-state index < -0.39 is 21.6 Å². The van der Waals surface area contributed by atoms with E-state index in [1.54, 1.807) is 6.92 Å². The van der Waals surface area contributed by atoms with Gasteiger partial charge >= 0.3 is 6.03 Å². The minimum absolute atomic E-state index is 0.219. The number of urea groups is 1. The first-order valence-electron chi connectivity index (χ1n) is 8.81. The summed E-state index contributed by atoms with van der Waals surface area (Å²) >= 11 is 0. The number of rotatable bonds is 6. The predicted molar refractivity (Wildman–Crippen MR) is 95.7 cm³/mol. The highest BCUT2D eigenvalue weighted by molar-refractivity contribution is 7.88. The zero-order valence-corrected chi connectivity index (χ0v) is 16.6. The van der Waals surface area contributed by atoms with Gasteiger partial charge in [0.25, 0.3) is 5.91 Å². The lowest BCUT2D eigenvalue weighted by molar-refractivity contribution is -0.139. The molecule has 0 radical (unpaired) electrons. The third kappa shape index (κ3) is 4.53. The molecule has 2 aliphatic rings. The Kier molecular flexibility index (Phi) is 5.96. The molecular formula is C16H28N4O5S. The van der Waals surface area contributed by atoms with Crippen LogP contribution >= 0.6 is 0 Å². The van der Waals surface area contributed by atoms with Crippen LogP contribution in [0.4, 0.5) is 4.79 Å². The Hall–Kier alpha value is -1.68. The van der Waals surface area contributed by atoms with Gasteiger partial charge in [-0.05, 0) is 25.7 Å². The molecule has 0 aromatic carbocycles. The van der Waals surface area contributed by atoms with Gasteiger partial charge in [-0.25, -0.2) is 13.2 Å². The zero-order valence-electron chi connectivity index (χ0n) is 15.8. The first-order valence-corrected chi connectivity index (χ1v) is 10.7. The molecule has 0 unspecified atom stereocenters. The largest absolute Gasteiger partial charge is 0.338 e. The molecule has 1 N–H and O–H groups in total. The number of nitrogens with zero attached hydrogens (tertiary/aromatic N) is 3. The van der Waals surface area contributed by atoms with Crippen molar-refractivity contribution in [1.29, 1.82) is 0 Å². The van der Waals surface area contributed by atoms with E-state index in [2.05, 4.69) is 5.32 Å². The van der Waals surface area contributed by atoms with Crippen LogP contribution in [0.5, 0.6) is 0 Å². The molecule has 2 aliphatic heterocycles. The molecule has 2 heterocycles. The van der Waals surface area contributed by atoms with Crippen molar-refractivity contribution in [1.82, 2.24) is 19.4 Å². The molecule has 10 heteroatoms. The molecular weight excluding hydrogens is 360 g/mol. The Balaban J connectivity index is 1.95. The van der Waals surface area contributed by atoms with E-state index in [1.807, 2.05) is 13.8 Å². The molecule has 1 atom stereocenters. The van der Waals surface area contributed by atoms with Crippen molar-refractivity contribution in [2.45, 2.75) is 39.2 Å². The third-order valence-corrected chi connectivity index (χ3v) is 6.22. The number of amides is 4. The van der Waals surface area contributed by atoms with Gasteiger partial charge in [-0.2, -0.15) is 4.31 Å². The second-order valence-corrected chi connectivity index (χ2v) is 9.61. The maximum Gasteiger partial charge on any atom is 0.325 e. The fraction of sp³-hybridized carbons (Fsp3) is 0.812. The summed E-state index contributed by atoms with van der Waals surface area (Å²) in [6, 6.07) is -0.552. The highest BCUT2D eigenvalue weighted by Gasteiger charge is 2.48. The van der Waals surface area contributed by atoms with Gasteiger partial charge in [-0.3, -0.25) is 14.5 Å². The van der Waals surface area contributed by atoms with Crippen molar-refractivity contribution in [2.75, 3.05) is 39.0 Å². The molecule has 0 spiro atoms. The molecule has 2 fully saturated rings. The SMILES string of the molecule is CC(C)CC[C@]1(C)NC(=O)N(CC(=O)N2CCN(S(C)(=O)=O)CC2)C1=O. The fourth-order valence-corrected chi connectivity index (χ4v) is 3.97. The van der Waals surface area contributed by atoms with E-state index in [4.69, 9.17) is 0 Å². The summed E-state index contributed by atoms with van der Waals surface area (Å²) in [4.78, 5) is 39.7. The minimum atomic E-state index is -3.28. The van der Waals surface area contributed by atoms with Gasteiger partial charge in [0.15, 0.2) is 0 Å². The predicted octanol–water partition coefficient (Wildman–Crippen LogP) is -0.163. The Morgan fingerprint density at radius 3 is 2.27 bits per heavy atom. The van der Waals surface area contributed by atoms with E-state index >= 15 is 0 Å². The Morgan fingerprint density at radius 1 is 1.19 bits per heavy atom. The van der Waals surface area contributed by atoms with E-state index in [0.29, 0.717) is 12.3 Å². The fourth-order valence-electron chi connectivity index (χ4n) is 3.14. The Labute approximate surface area is 154 Å². The molecule has 2 rings (SSSR count). The molecule has 0 aromatic rings. The van der Waals surface area contributed by atoms with Crippen LogP contribution in [0.15, 0.2) is 0 Å². The molecule has 4 amide bonds. The van der Waals surface area contributed by atoms with Crippen molar-refractivity contribution in [3.05, 3.63) is 0 Å². The molecule has 0 aliphatic carbocycles. The van der Waals surface area contributed by atoms with Crippen LogP contribution in [-0.2, 0) is 19.6 Å². The first kappa shape index (κ1) is 20.6. The van der Waals surface area contributed by atoms with Crippen LogP contribution in [0.25, 0.3) is 0 Å². The van der Waals surface area contributed by atoms with E-state index in [0.717, 1.165) is 17.6 Å². The first-order chi connectivity index (χ1) is 11.9. The van der Waals surface area contributed by atoms with Crippen molar-refractivity contribution >= 4 is 27.9 Å².